The number of aliphatic imine (C=N–C) groups is 1. The van der Waals surface area contributed by atoms with E-state index in [2.05, 4.69) is 52.0 Å². The standard InChI is InChI=1S/C14H18N4O.HI/c1-11-3-5-12(6-4-11)9-16-14(15-2)17-10-13-7-8-19-18-13;/h3-8H,9-10H2,1-2H3,(H2,15,16,17);1H. The summed E-state index contributed by atoms with van der Waals surface area (Å²) in [5, 5.41) is 10.2. The summed E-state index contributed by atoms with van der Waals surface area (Å²) < 4.78 is 4.77. The van der Waals surface area contributed by atoms with Crippen LogP contribution in [-0.4, -0.2) is 18.2 Å². The van der Waals surface area contributed by atoms with Crippen molar-refractivity contribution in [1.82, 2.24) is 15.8 Å². The molecule has 0 spiro atoms. The number of nitrogens with one attached hydrogen (secondary N) is 2. The average Bonchev–Trinajstić information content (AvgIpc) is 2.94. The number of halogens is 1. The van der Waals surface area contributed by atoms with Gasteiger partial charge in [0.1, 0.15) is 12.0 Å². The quantitative estimate of drug-likeness (QED) is 0.482. The van der Waals surface area contributed by atoms with Crippen LogP contribution in [0.5, 0.6) is 0 Å². The van der Waals surface area contributed by atoms with E-state index in [-0.39, 0.29) is 24.0 Å². The van der Waals surface area contributed by atoms with Crippen molar-refractivity contribution >= 4 is 29.9 Å². The van der Waals surface area contributed by atoms with E-state index in [4.69, 9.17) is 4.52 Å². The highest BCUT2D eigenvalue weighted by molar-refractivity contribution is 14.0. The minimum atomic E-state index is 0. The maximum atomic E-state index is 4.77. The van der Waals surface area contributed by atoms with Crippen LogP contribution in [0.4, 0.5) is 0 Å². The molecule has 0 unspecified atom stereocenters. The van der Waals surface area contributed by atoms with Crippen molar-refractivity contribution in [3.8, 4) is 0 Å². The molecule has 1 aromatic heterocycles. The van der Waals surface area contributed by atoms with Crippen LogP contribution in [0.2, 0.25) is 0 Å². The zero-order chi connectivity index (χ0) is 13.5. The Balaban J connectivity index is 0.00000200. The van der Waals surface area contributed by atoms with Gasteiger partial charge in [0.05, 0.1) is 6.54 Å². The molecule has 0 aliphatic rings. The van der Waals surface area contributed by atoms with Gasteiger partial charge >= 0.3 is 0 Å². The molecule has 0 atom stereocenters. The van der Waals surface area contributed by atoms with Gasteiger partial charge in [-0.1, -0.05) is 35.0 Å². The number of benzene rings is 1. The number of aryl methyl sites for hydroxylation is 1. The van der Waals surface area contributed by atoms with E-state index in [0.717, 1.165) is 18.2 Å². The third-order valence-electron chi connectivity index (χ3n) is 2.73. The minimum absolute atomic E-state index is 0. The minimum Gasteiger partial charge on any atom is -0.364 e. The Kier molecular flexibility index (Phi) is 7.06. The van der Waals surface area contributed by atoms with Gasteiger partial charge in [-0.05, 0) is 12.5 Å². The topological polar surface area (TPSA) is 62.5 Å². The molecule has 0 fully saturated rings. The normalized spacial score (nSPS) is 10.8. The van der Waals surface area contributed by atoms with Gasteiger partial charge in [0.2, 0.25) is 0 Å². The molecule has 0 saturated heterocycles. The number of rotatable bonds is 4. The summed E-state index contributed by atoms with van der Waals surface area (Å²) in [5.41, 5.74) is 3.32. The highest BCUT2D eigenvalue weighted by Gasteiger charge is 2.00. The summed E-state index contributed by atoms with van der Waals surface area (Å²) in [6, 6.07) is 10.2. The Labute approximate surface area is 135 Å². The Morgan fingerprint density at radius 2 is 1.85 bits per heavy atom. The third kappa shape index (κ3) is 5.20. The summed E-state index contributed by atoms with van der Waals surface area (Å²) in [5.74, 6) is 0.739. The van der Waals surface area contributed by atoms with Crippen LogP contribution in [0.3, 0.4) is 0 Å². The van der Waals surface area contributed by atoms with Crippen molar-refractivity contribution in [2.24, 2.45) is 4.99 Å². The molecule has 0 aliphatic heterocycles. The first kappa shape index (κ1) is 16.5. The molecule has 5 nitrogen and oxygen atoms in total. The van der Waals surface area contributed by atoms with Crippen molar-refractivity contribution in [3.05, 3.63) is 53.4 Å². The van der Waals surface area contributed by atoms with Crippen LogP contribution in [0.15, 0.2) is 46.1 Å². The lowest BCUT2D eigenvalue weighted by molar-refractivity contribution is 0.410. The molecule has 0 radical (unpaired) electrons. The van der Waals surface area contributed by atoms with Gasteiger partial charge < -0.3 is 15.2 Å². The predicted molar refractivity (Wildman–Crippen MR) is 90.1 cm³/mol. The molecule has 0 aliphatic carbocycles. The van der Waals surface area contributed by atoms with Crippen molar-refractivity contribution in [2.75, 3.05) is 7.05 Å². The van der Waals surface area contributed by atoms with Gasteiger partial charge in [0.15, 0.2) is 5.96 Å². The van der Waals surface area contributed by atoms with Crippen LogP contribution < -0.4 is 10.6 Å². The SMILES string of the molecule is CN=C(NCc1ccc(C)cc1)NCc1ccon1.I. The van der Waals surface area contributed by atoms with Gasteiger partial charge in [-0.2, -0.15) is 0 Å². The molecule has 2 aromatic rings. The van der Waals surface area contributed by atoms with Gasteiger partial charge in [0, 0.05) is 19.7 Å². The lowest BCUT2D eigenvalue weighted by Gasteiger charge is -2.10. The van der Waals surface area contributed by atoms with Gasteiger partial charge in [-0.25, -0.2) is 0 Å². The number of nitrogens with zero attached hydrogens (tertiary/aromatic N) is 2. The largest absolute Gasteiger partial charge is 0.364 e. The molecule has 1 heterocycles. The van der Waals surface area contributed by atoms with E-state index in [1.807, 2.05) is 6.07 Å². The molecule has 1 aromatic carbocycles. The van der Waals surface area contributed by atoms with E-state index in [0.29, 0.717) is 6.54 Å². The first-order chi connectivity index (χ1) is 9.28. The lowest BCUT2D eigenvalue weighted by Crippen LogP contribution is -2.36. The second-order valence-corrected chi connectivity index (χ2v) is 4.26. The molecular formula is C14H19IN4O. The Morgan fingerprint density at radius 1 is 1.15 bits per heavy atom. The van der Waals surface area contributed by atoms with Crippen molar-refractivity contribution < 1.29 is 4.52 Å². The summed E-state index contributed by atoms with van der Waals surface area (Å²) >= 11 is 0. The van der Waals surface area contributed by atoms with Gasteiger partial charge in [0.25, 0.3) is 0 Å². The van der Waals surface area contributed by atoms with Crippen LogP contribution in [0.1, 0.15) is 16.8 Å². The number of hydrogen-bond donors (Lipinski definition) is 2. The van der Waals surface area contributed by atoms with Crippen molar-refractivity contribution in [3.63, 3.8) is 0 Å². The molecular weight excluding hydrogens is 367 g/mol. The average molecular weight is 386 g/mol. The van der Waals surface area contributed by atoms with E-state index in [1.165, 1.54) is 11.1 Å². The Morgan fingerprint density at radius 3 is 2.45 bits per heavy atom. The highest BCUT2D eigenvalue weighted by Crippen LogP contribution is 2.02. The van der Waals surface area contributed by atoms with Crippen molar-refractivity contribution in [1.29, 1.82) is 0 Å². The lowest BCUT2D eigenvalue weighted by atomic mass is 10.1. The fourth-order valence-electron chi connectivity index (χ4n) is 1.62. The molecule has 6 heteroatoms. The van der Waals surface area contributed by atoms with E-state index >= 15 is 0 Å². The molecule has 0 saturated carbocycles. The zero-order valence-electron chi connectivity index (χ0n) is 11.6. The van der Waals surface area contributed by atoms with Crippen LogP contribution in [0, 0.1) is 6.92 Å². The zero-order valence-corrected chi connectivity index (χ0v) is 13.9. The maximum Gasteiger partial charge on any atom is 0.191 e. The number of aromatic nitrogens is 1. The summed E-state index contributed by atoms with van der Waals surface area (Å²) in [6.07, 6.45) is 1.56. The third-order valence-corrected chi connectivity index (χ3v) is 2.73. The fourth-order valence-corrected chi connectivity index (χ4v) is 1.62. The van der Waals surface area contributed by atoms with E-state index < -0.39 is 0 Å². The summed E-state index contributed by atoms with van der Waals surface area (Å²) in [7, 11) is 1.74. The maximum absolute atomic E-state index is 4.77. The van der Waals surface area contributed by atoms with Crippen LogP contribution in [0.25, 0.3) is 0 Å². The van der Waals surface area contributed by atoms with Crippen molar-refractivity contribution in [2.45, 2.75) is 20.0 Å². The smallest absolute Gasteiger partial charge is 0.191 e. The summed E-state index contributed by atoms with van der Waals surface area (Å²) in [6.45, 7) is 3.40. The predicted octanol–water partition coefficient (Wildman–Crippen LogP) is 2.47. The monoisotopic (exact) mass is 386 g/mol. The van der Waals surface area contributed by atoms with Crippen LogP contribution in [-0.2, 0) is 13.1 Å². The Bertz CT molecular complexity index is 523. The molecule has 108 valence electrons. The van der Waals surface area contributed by atoms with Crippen LogP contribution >= 0.6 is 24.0 Å². The second kappa shape index (κ2) is 8.57. The fraction of sp³-hybridized carbons (Fsp3) is 0.286. The number of guanidine groups is 1. The summed E-state index contributed by atoms with van der Waals surface area (Å²) in [4.78, 5) is 4.16. The molecule has 2 N–H and O–H groups in total. The van der Waals surface area contributed by atoms with E-state index in [9.17, 15) is 0 Å². The first-order valence-corrected chi connectivity index (χ1v) is 6.17. The van der Waals surface area contributed by atoms with E-state index in [1.54, 1.807) is 13.3 Å². The second-order valence-electron chi connectivity index (χ2n) is 4.26. The number of hydrogen-bond acceptors (Lipinski definition) is 3. The van der Waals surface area contributed by atoms with Gasteiger partial charge in [-0.3, -0.25) is 4.99 Å². The molecule has 0 bridgehead atoms. The molecule has 20 heavy (non-hydrogen) atoms. The van der Waals surface area contributed by atoms with Gasteiger partial charge in [-0.15, -0.1) is 24.0 Å². The molecule has 2 rings (SSSR count). The Hall–Kier alpha value is -1.57. The highest BCUT2D eigenvalue weighted by atomic mass is 127. The first-order valence-electron chi connectivity index (χ1n) is 6.17. The molecule has 0 amide bonds.